The molecule has 0 bridgehead atoms. The quantitative estimate of drug-likeness (QED) is 0.848. The summed E-state index contributed by atoms with van der Waals surface area (Å²) >= 11 is 6.05. The predicted molar refractivity (Wildman–Crippen MR) is 86.9 cm³/mol. The molecule has 0 fully saturated rings. The van der Waals surface area contributed by atoms with Crippen LogP contribution in [0.15, 0.2) is 36.4 Å². The van der Waals surface area contributed by atoms with Crippen molar-refractivity contribution in [3.05, 3.63) is 58.1 Å². The van der Waals surface area contributed by atoms with Gasteiger partial charge in [-0.3, -0.25) is 0 Å². The Bertz CT molecular complexity index is 637. The van der Waals surface area contributed by atoms with Crippen LogP contribution in [0.4, 0.5) is 11.4 Å². The summed E-state index contributed by atoms with van der Waals surface area (Å²) in [6.45, 7) is 2.15. The van der Waals surface area contributed by atoms with Crippen molar-refractivity contribution in [2.45, 2.75) is 25.8 Å². The van der Waals surface area contributed by atoms with E-state index in [1.165, 1.54) is 22.4 Å². The van der Waals surface area contributed by atoms with Crippen LogP contribution < -0.4 is 10.6 Å². The summed E-state index contributed by atoms with van der Waals surface area (Å²) in [5, 5.41) is 7.63. The van der Waals surface area contributed by atoms with Gasteiger partial charge in [-0.1, -0.05) is 23.7 Å². The van der Waals surface area contributed by atoms with Crippen LogP contribution in [-0.2, 0) is 6.42 Å². The van der Waals surface area contributed by atoms with Crippen molar-refractivity contribution >= 4 is 23.0 Å². The fourth-order valence-electron chi connectivity index (χ4n) is 2.97. The van der Waals surface area contributed by atoms with Crippen LogP contribution in [0.5, 0.6) is 0 Å². The number of nitrogens with one attached hydrogen (secondary N) is 2. The van der Waals surface area contributed by atoms with Gasteiger partial charge in [0.25, 0.3) is 0 Å². The van der Waals surface area contributed by atoms with Gasteiger partial charge < -0.3 is 10.6 Å². The molecule has 2 aromatic rings. The van der Waals surface area contributed by atoms with Crippen LogP contribution in [-0.4, -0.2) is 7.05 Å². The molecule has 0 radical (unpaired) electrons. The normalized spacial score (nSPS) is 16.9. The van der Waals surface area contributed by atoms with Gasteiger partial charge in [-0.25, -0.2) is 0 Å². The second kappa shape index (κ2) is 5.37. The number of aryl methyl sites for hydroxylation is 2. The van der Waals surface area contributed by atoms with Gasteiger partial charge in [-0.05, 0) is 60.7 Å². The molecule has 20 heavy (non-hydrogen) atoms. The number of hydrogen-bond acceptors (Lipinski definition) is 2. The van der Waals surface area contributed by atoms with E-state index in [4.69, 9.17) is 11.6 Å². The van der Waals surface area contributed by atoms with Crippen LogP contribution in [0.25, 0.3) is 0 Å². The minimum atomic E-state index is 0.382. The second-order valence-corrected chi connectivity index (χ2v) is 5.80. The molecule has 0 amide bonds. The first-order valence-corrected chi connectivity index (χ1v) is 7.38. The topological polar surface area (TPSA) is 24.1 Å². The maximum Gasteiger partial charge on any atom is 0.0519 e. The standard InChI is InChI=1S/C17H19ClN2/c1-11-8-15-12(9-17(11)19-2)6-7-16(15)20-14-5-3-4-13(18)10-14/h3-5,8-10,16,19-20H,6-7H2,1-2H3. The first kappa shape index (κ1) is 13.3. The van der Waals surface area contributed by atoms with E-state index in [0.29, 0.717) is 6.04 Å². The summed E-state index contributed by atoms with van der Waals surface area (Å²) < 4.78 is 0. The first-order chi connectivity index (χ1) is 9.67. The van der Waals surface area contributed by atoms with Crippen molar-refractivity contribution < 1.29 is 0 Å². The van der Waals surface area contributed by atoms with Crippen LogP contribution in [0.1, 0.15) is 29.2 Å². The molecule has 1 atom stereocenters. The Labute approximate surface area is 125 Å². The number of rotatable bonds is 3. The largest absolute Gasteiger partial charge is 0.388 e. The molecule has 0 saturated carbocycles. The van der Waals surface area contributed by atoms with Crippen molar-refractivity contribution in [1.82, 2.24) is 0 Å². The second-order valence-electron chi connectivity index (χ2n) is 5.36. The summed E-state index contributed by atoms with van der Waals surface area (Å²) in [4.78, 5) is 0. The van der Waals surface area contributed by atoms with Crippen molar-refractivity contribution in [3.8, 4) is 0 Å². The van der Waals surface area contributed by atoms with E-state index in [0.717, 1.165) is 23.6 Å². The van der Waals surface area contributed by atoms with E-state index in [2.05, 4.69) is 35.8 Å². The van der Waals surface area contributed by atoms with E-state index in [-0.39, 0.29) is 0 Å². The van der Waals surface area contributed by atoms with E-state index in [9.17, 15) is 0 Å². The number of anilines is 2. The molecule has 2 nitrogen and oxygen atoms in total. The molecule has 104 valence electrons. The fourth-order valence-corrected chi connectivity index (χ4v) is 3.16. The zero-order valence-electron chi connectivity index (χ0n) is 11.8. The van der Waals surface area contributed by atoms with Crippen LogP contribution >= 0.6 is 11.6 Å². The molecule has 1 aliphatic rings. The highest BCUT2D eigenvalue weighted by Gasteiger charge is 2.23. The molecule has 0 saturated heterocycles. The van der Waals surface area contributed by atoms with Crippen molar-refractivity contribution in [2.24, 2.45) is 0 Å². The van der Waals surface area contributed by atoms with Gasteiger partial charge in [0.05, 0.1) is 6.04 Å². The van der Waals surface area contributed by atoms with Gasteiger partial charge >= 0.3 is 0 Å². The Morgan fingerprint density at radius 1 is 1.20 bits per heavy atom. The number of hydrogen-bond donors (Lipinski definition) is 2. The third kappa shape index (κ3) is 2.48. The molecular formula is C17H19ClN2. The Balaban J connectivity index is 1.88. The van der Waals surface area contributed by atoms with Gasteiger partial charge in [0, 0.05) is 23.4 Å². The summed E-state index contributed by atoms with van der Waals surface area (Å²) in [5.74, 6) is 0. The van der Waals surface area contributed by atoms with Crippen molar-refractivity contribution in [3.63, 3.8) is 0 Å². The fraction of sp³-hybridized carbons (Fsp3) is 0.294. The molecule has 3 rings (SSSR count). The SMILES string of the molecule is CNc1cc2c(cc1C)C(Nc1cccc(Cl)c1)CC2. The highest BCUT2D eigenvalue weighted by atomic mass is 35.5. The van der Waals surface area contributed by atoms with Gasteiger partial charge in [-0.15, -0.1) is 0 Å². The molecule has 0 heterocycles. The number of halogens is 1. The highest BCUT2D eigenvalue weighted by molar-refractivity contribution is 6.30. The Morgan fingerprint density at radius 3 is 2.80 bits per heavy atom. The summed E-state index contributed by atoms with van der Waals surface area (Å²) in [5.41, 5.74) is 6.48. The summed E-state index contributed by atoms with van der Waals surface area (Å²) in [6, 6.07) is 12.9. The number of fused-ring (bicyclic) bond motifs is 1. The minimum Gasteiger partial charge on any atom is -0.388 e. The van der Waals surface area contributed by atoms with Gasteiger partial charge in [-0.2, -0.15) is 0 Å². The Kier molecular flexibility index (Phi) is 3.58. The van der Waals surface area contributed by atoms with Crippen LogP contribution in [0, 0.1) is 6.92 Å². The van der Waals surface area contributed by atoms with E-state index < -0.39 is 0 Å². The third-order valence-electron chi connectivity index (χ3n) is 4.00. The molecule has 3 heteroatoms. The predicted octanol–water partition coefficient (Wildman–Crippen LogP) is 4.79. The van der Waals surface area contributed by atoms with E-state index >= 15 is 0 Å². The average molecular weight is 287 g/mol. The number of benzene rings is 2. The van der Waals surface area contributed by atoms with E-state index in [1.54, 1.807) is 0 Å². The van der Waals surface area contributed by atoms with E-state index in [1.807, 2.05) is 25.2 Å². The lowest BCUT2D eigenvalue weighted by molar-refractivity contribution is 0.762. The molecule has 2 N–H and O–H groups in total. The zero-order chi connectivity index (χ0) is 14.1. The lowest BCUT2D eigenvalue weighted by Crippen LogP contribution is -2.07. The van der Waals surface area contributed by atoms with Crippen molar-refractivity contribution in [1.29, 1.82) is 0 Å². The van der Waals surface area contributed by atoms with Gasteiger partial charge in [0.15, 0.2) is 0 Å². The van der Waals surface area contributed by atoms with Crippen LogP contribution in [0.2, 0.25) is 5.02 Å². The molecule has 2 aromatic carbocycles. The van der Waals surface area contributed by atoms with Gasteiger partial charge in [0.2, 0.25) is 0 Å². The molecule has 1 aliphatic carbocycles. The molecule has 0 aromatic heterocycles. The summed E-state index contributed by atoms with van der Waals surface area (Å²) in [6.07, 6.45) is 2.26. The maximum atomic E-state index is 6.05. The first-order valence-electron chi connectivity index (χ1n) is 7.00. The zero-order valence-corrected chi connectivity index (χ0v) is 12.6. The minimum absolute atomic E-state index is 0.382. The lowest BCUT2D eigenvalue weighted by atomic mass is 10.0. The Hall–Kier alpha value is -1.67. The smallest absolute Gasteiger partial charge is 0.0519 e. The summed E-state index contributed by atoms with van der Waals surface area (Å²) in [7, 11) is 1.98. The molecular weight excluding hydrogens is 268 g/mol. The monoisotopic (exact) mass is 286 g/mol. The van der Waals surface area contributed by atoms with Crippen molar-refractivity contribution in [2.75, 3.05) is 17.7 Å². The van der Waals surface area contributed by atoms with Gasteiger partial charge in [0.1, 0.15) is 0 Å². The molecule has 0 aliphatic heterocycles. The highest BCUT2D eigenvalue weighted by Crippen LogP contribution is 2.37. The average Bonchev–Trinajstić information content (AvgIpc) is 2.80. The Morgan fingerprint density at radius 2 is 2.05 bits per heavy atom. The maximum absolute atomic E-state index is 6.05. The molecule has 0 spiro atoms. The molecule has 1 unspecified atom stereocenters. The lowest BCUT2D eigenvalue weighted by Gasteiger charge is -2.17. The third-order valence-corrected chi connectivity index (χ3v) is 4.23. The van der Waals surface area contributed by atoms with Crippen LogP contribution in [0.3, 0.4) is 0 Å².